The highest BCUT2D eigenvalue weighted by Crippen LogP contribution is 2.24. The first-order chi connectivity index (χ1) is 14.2. The second-order valence-electron chi connectivity index (χ2n) is 8.19. The molecule has 1 aromatic carbocycles. The number of ether oxygens (including phenoxy) is 1. The number of methoxy groups -OCH3 is 1. The van der Waals surface area contributed by atoms with Gasteiger partial charge < -0.3 is 19.9 Å². The number of rotatable bonds is 8. The van der Waals surface area contributed by atoms with Crippen LogP contribution in [-0.4, -0.2) is 74.1 Å². The lowest BCUT2D eigenvalue weighted by atomic mass is 9.92. The third-order valence-electron chi connectivity index (χ3n) is 6.31. The Kier molecular flexibility index (Phi) is 8.50. The van der Waals surface area contributed by atoms with E-state index in [0.29, 0.717) is 25.6 Å². The number of amides is 2. The molecule has 0 spiro atoms. The molecule has 2 fully saturated rings. The lowest BCUT2D eigenvalue weighted by Crippen LogP contribution is -2.50. The summed E-state index contributed by atoms with van der Waals surface area (Å²) in [5, 5.41) is 3.12. The van der Waals surface area contributed by atoms with E-state index in [0.717, 1.165) is 58.3 Å². The molecule has 1 aromatic rings. The number of carbonyl (C=O) groups is 2. The molecule has 2 amide bonds. The first kappa shape index (κ1) is 21.8. The van der Waals surface area contributed by atoms with E-state index in [9.17, 15) is 9.59 Å². The van der Waals surface area contributed by atoms with Crippen molar-refractivity contribution in [2.45, 2.75) is 44.6 Å². The van der Waals surface area contributed by atoms with Crippen LogP contribution in [0.2, 0.25) is 0 Å². The minimum Gasteiger partial charge on any atom is -0.384 e. The number of nitrogens with one attached hydrogen (secondary N) is 1. The summed E-state index contributed by atoms with van der Waals surface area (Å²) in [4.78, 5) is 29.1. The molecule has 160 valence electrons. The summed E-state index contributed by atoms with van der Waals surface area (Å²) in [5.41, 5.74) is 1.26. The van der Waals surface area contributed by atoms with Gasteiger partial charge in [-0.1, -0.05) is 30.3 Å². The van der Waals surface area contributed by atoms with Crippen molar-refractivity contribution in [1.82, 2.24) is 15.1 Å². The summed E-state index contributed by atoms with van der Waals surface area (Å²) in [7, 11) is 1.63. The Bertz CT molecular complexity index is 636. The molecule has 6 nitrogen and oxygen atoms in total. The lowest BCUT2D eigenvalue weighted by Gasteiger charge is -2.41. The second kappa shape index (κ2) is 11.3. The number of piperidine rings is 2. The third-order valence-corrected chi connectivity index (χ3v) is 6.31. The summed E-state index contributed by atoms with van der Waals surface area (Å²) in [6.45, 7) is 4.86. The Morgan fingerprint density at radius 2 is 1.72 bits per heavy atom. The minimum absolute atomic E-state index is 0.137. The van der Waals surface area contributed by atoms with Crippen LogP contribution < -0.4 is 5.32 Å². The van der Waals surface area contributed by atoms with Gasteiger partial charge in [0.15, 0.2) is 0 Å². The first-order valence-corrected chi connectivity index (χ1v) is 11.0. The largest absolute Gasteiger partial charge is 0.384 e. The van der Waals surface area contributed by atoms with Crippen LogP contribution in [0.25, 0.3) is 0 Å². The molecule has 6 heteroatoms. The Hall–Kier alpha value is -1.92. The maximum absolute atomic E-state index is 12.5. The molecular weight excluding hydrogens is 366 g/mol. The molecule has 0 aromatic heterocycles. The summed E-state index contributed by atoms with van der Waals surface area (Å²) in [6.07, 6.45) is 5.30. The van der Waals surface area contributed by atoms with Gasteiger partial charge in [0.05, 0.1) is 13.0 Å². The van der Waals surface area contributed by atoms with Crippen molar-refractivity contribution in [2.24, 2.45) is 5.92 Å². The van der Waals surface area contributed by atoms with Crippen LogP contribution >= 0.6 is 0 Å². The number of hydrogen-bond donors (Lipinski definition) is 1. The molecule has 2 aliphatic rings. The molecule has 1 N–H and O–H groups in total. The van der Waals surface area contributed by atoms with Gasteiger partial charge in [-0.05, 0) is 50.8 Å². The Morgan fingerprint density at radius 1 is 1.03 bits per heavy atom. The SMILES string of the molecule is COCCC(=O)N1CCC(N2CCC(C(=O)NCCc3ccccc3)CC2)CC1. The number of likely N-dealkylation sites (tertiary alicyclic amines) is 2. The van der Waals surface area contributed by atoms with Gasteiger partial charge in [0.2, 0.25) is 11.8 Å². The summed E-state index contributed by atoms with van der Waals surface area (Å²) < 4.78 is 5.01. The van der Waals surface area contributed by atoms with E-state index in [1.54, 1.807) is 7.11 Å². The smallest absolute Gasteiger partial charge is 0.224 e. The molecular formula is C23H35N3O3. The second-order valence-corrected chi connectivity index (χ2v) is 8.19. The zero-order valence-electron chi connectivity index (χ0n) is 17.6. The van der Waals surface area contributed by atoms with E-state index < -0.39 is 0 Å². The quantitative estimate of drug-likeness (QED) is 0.725. The van der Waals surface area contributed by atoms with Crippen LogP contribution in [0.1, 0.15) is 37.7 Å². The Labute approximate surface area is 174 Å². The van der Waals surface area contributed by atoms with Gasteiger partial charge in [-0.25, -0.2) is 0 Å². The monoisotopic (exact) mass is 401 g/mol. The number of nitrogens with zero attached hydrogens (tertiary/aromatic N) is 2. The van der Waals surface area contributed by atoms with Gasteiger partial charge in [-0.3, -0.25) is 9.59 Å². The number of hydrogen-bond acceptors (Lipinski definition) is 4. The number of carbonyl (C=O) groups excluding carboxylic acids is 2. The molecule has 2 saturated heterocycles. The molecule has 29 heavy (non-hydrogen) atoms. The van der Waals surface area contributed by atoms with Crippen molar-refractivity contribution in [1.29, 1.82) is 0 Å². The van der Waals surface area contributed by atoms with Crippen LogP contribution in [0.5, 0.6) is 0 Å². The molecule has 2 heterocycles. The maximum atomic E-state index is 12.5. The van der Waals surface area contributed by atoms with Crippen molar-refractivity contribution in [3.05, 3.63) is 35.9 Å². The first-order valence-electron chi connectivity index (χ1n) is 11.0. The van der Waals surface area contributed by atoms with Crippen LogP contribution in [0.15, 0.2) is 30.3 Å². The average Bonchev–Trinajstić information content (AvgIpc) is 2.78. The summed E-state index contributed by atoms with van der Waals surface area (Å²) in [5.74, 6) is 0.549. The highest BCUT2D eigenvalue weighted by atomic mass is 16.5. The van der Waals surface area contributed by atoms with Crippen molar-refractivity contribution in [3.8, 4) is 0 Å². The van der Waals surface area contributed by atoms with Gasteiger partial charge >= 0.3 is 0 Å². The molecule has 0 saturated carbocycles. The molecule has 0 aliphatic carbocycles. The van der Waals surface area contributed by atoms with Crippen molar-refractivity contribution < 1.29 is 14.3 Å². The van der Waals surface area contributed by atoms with Crippen molar-refractivity contribution >= 4 is 11.8 Å². The van der Waals surface area contributed by atoms with Crippen molar-refractivity contribution in [3.63, 3.8) is 0 Å². The average molecular weight is 402 g/mol. The van der Waals surface area contributed by atoms with E-state index in [1.165, 1.54) is 5.56 Å². The molecule has 0 bridgehead atoms. The minimum atomic E-state index is 0.137. The zero-order valence-corrected chi connectivity index (χ0v) is 17.6. The highest BCUT2D eigenvalue weighted by Gasteiger charge is 2.31. The van der Waals surface area contributed by atoms with Crippen LogP contribution in [0, 0.1) is 5.92 Å². The van der Waals surface area contributed by atoms with Crippen LogP contribution in [-0.2, 0) is 20.7 Å². The Balaban J connectivity index is 1.33. The zero-order chi connectivity index (χ0) is 20.5. The molecule has 3 rings (SSSR count). The van der Waals surface area contributed by atoms with Gasteiger partial charge in [0.25, 0.3) is 0 Å². The third kappa shape index (κ3) is 6.54. The molecule has 2 aliphatic heterocycles. The predicted octanol–water partition coefficient (Wildman–Crippen LogP) is 2.08. The molecule has 0 atom stereocenters. The van der Waals surface area contributed by atoms with Crippen LogP contribution in [0.4, 0.5) is 0 Å². The maximum Gasteiger partial charge on any atom is 0.224 e. The molecule has 0 radical (unpaired) electrons. The fraction of sp³-hybridized carbons (Fsp3) is 0.652. The fourth-order valence-corrected chi connectivity index (χ4v) is 4.47. The van der Waals surface area contributed by atoms with Gasteiger partial charge in [0.1, 0.15) is 0 Å². The van der Waals surface area contributed by atoms with Crippen LogP contribution in [0.3, 0.4) is 0 Å². The summed E-state index contributed by atoms with van der Waals surface area (Å²) >= 11 is 0. The van der Waals surface area contributed by atoms with E-state index in [-0.39, 0.29) is 17.7 Å². The van der Waals surface area contributed by atoms with Gasteiger partial charge in [-0.2, -0.15) is 0 Å². The lowest BCUT2D eigenvalue weighted by molar-refractivity contribution is -0.134. The highest BCUT2D eigenvalue weighted by molar-refractivity contribution is 5.78. The van der Waals surface area contributed by atoms with E-state index in [4.69, 9.17) is 4.74 Å². The normalized spacial score (nSPS) is 19.3. The number of benzene rings is 1. The topological polar surface area (TPSA) is 61.9 Å². The van der Waals surface area contributed by atoms with Gasteiger partial charge in [-0.15, -0.1) is 0 Å². The predicted molar refractivity (Wildman–Crippen MR) is 114 cm³/mol. The van der Waals surface area contributed by atoms with Crippen molar-refractivity contribution in [2.75, 3.05) is 46.4 Å². The van der Waals surface area contributed by atoms with E-state index in [1.807, 2.05) is 23.1 Å². The fourth-order valence-electron chi connectivity index (χ4n) is 4.47. The molecule has 0 unspecified atom stereocenters. The standard InChI is InChI=1S/C23H35N3O3/c1-29-18-12-22(27)26-16-10-21(11-17-26)25-14-8-20(9-15-25)23(28)24-13-7-19-5-3-2-4-6-19/h2-6,20-21H,7-18H2,1H3,(H,24,28). The van der Waals surface area contributed by atoms with Gasteiger partial charge in [0, 0.05) is 38.7 Å². The summed E-state index contributed by atoms with van der Waals surface area (Å²) in [6, 6.07) is 10.8. The Morgan fingerprint density at radius 3 is 2.38 bits per heavy atom. The van der Waals surface area contributed by atoms with E-state index in [2.05, 4.69) is 22.3 Å². The van der Waals surface area contributed by atoms with E-state index >= 15 is 0 Å².